The normalized spacial score (nSPS) is 12.8. The van der Waals surface area contributed by atoms with Gasteiger partial charge in [-0.2, -0.15) is 0 Å². The number of amides is 2. The number of carbonyl (C=O) groups is 2. The molecule has 5 heteroatoms. The van der Waals surface area contributed by atoms with E-state index in [4.69, 9.17) is 0 Å². The predicted octanol–water partition coefficient (Wildman–Crippen LogP) is 4.00. The van der Waals surface area contributed by atoms with Crippen LogP contribution in [-0.2, 0) is 12.8 Å². The van der Waals surface area contributed by atoms with E-state index in [2.05, 4.69) is 10.6 Å². The third kappa shape index (κ3) is 2.81. The molecule has 1 heterocycles. The first-order chi connectivity index (χ1) is 12.2. The first kappa shape index (κ1) is 15.8. The monoisotopic (exact) mass is 350 g/mol. The molecule has 0 fully saturated rings. The van der Waals surface area contributed by atoms with Gasteiger partial charge in [-0.25, -0.2) is 0 Å². The third-order valence-electron chi connectivity index (χ3n) is 4.61. The second-order valence-electron chi connectivity index (χ2n) is 6.16. The highest BCUT2D eigenvalue weighted by Gasteiger charge is 2.27. The number of carbonyl (C=O) groups excluding carboxylic acids is 2. The Hall–Kier alpha value is -2.66. The van der Waals surface area contributed by atoms with Crippen LogP contribution in [0.1, 0.15) is 37.6 Å². The van der Waals surface area contributed by atoms with Gasteiger partial charge in [-0.1, -0.05) is 30.3 Å². The molecule has 0 unspecified atom stereocenters. The van der Waals surface area contributed by atoms with Crippen LogP contribution in [0.25, 0.3) is 10.8 Å². The highest BCUT2D eigenvalue weighted by molar-refractivity contribution is 7.17. The Morgan fingerprint density at radius 3 is 2.60 bits per heavy atom. The van der Waals surface area contributed by atoms with Gasteiger partial charge >= 0.3 is 0 Å². The molecule has 4 rings (SSSR count). The average Bonchev–Trinajstić information content (AvgIpc) is 3.21. The molecule has 0 spiro atoms. The van der Waals surface area contributed by atoms with Crippen LogP contribution < -0.4 is 10.6 Å². The highest BCUT2D eigenvalue weighted by Crippen LogP contribution is 2.39. The van der Waals surface area contributed by atoms with Crippen molar-refractivity contribution in [1.29, 1.82) is 0 Å². The van der Waals surface area contributed by atoms with Crippen LogP contribution in [0.3, 0.4) is 0 Å². The number of nitrogens with one attached hydrogen (secondary N) is 2. The average molecular weight is 350 g/mol. The van der Waals surface area contributed by atoms with Crippen molar-refractivity contribution in [2.45, 2.75) is 19.3 Å². The number of hydrogen-bond acceptors (Lipinski definition) is 3. The molecule has 0 aliphatic heterocycles. The zero-order chi connectivity index (χ0) is 17.4. The standard InChI is InChI=1S/C20H18N2O2S/c1-21-19(24)17-15-7-4-8-16(15)25-20(17)22-18(23)14-10-9-12-5-2-3-6-13(12)11-14/h2-3,5-6,9-11H,4,7-8H2,1H3,(H,21,24)(H,22,23). The Kier molecular flexibility index (Phi) is 4.01. The van der Waals surface area contributed by atoms with E-state index in [0.29, 0.717) is 16.1 Å². The zero-order valence-corrected chi connectivity index (χ0v) is 14.7. The number of fused-ring (bicyclic) bond motifs is 2. The molecule has 0 saturated carbocycles. The number of aryl methyl sites for hydroxylation is 1. The summed E-state index contributed by atoms with van der Waals surface area (Å²) in [4.78, 5) is 26.2. The summed E-state index contributed by atoms with van der Waals surface area (Å²) in [6.45, 7) is 0. The molecule has 4 nitrogen and oxygen atoms in total. The first-order valence-electron chi connectivity index (χ1n) is 8.34. The number of thiophene rings is 1. The maximum atomic E-state index is 12.7. The smallest absolute Gasteiger partial charge is 0.256 e. The largest absolute Gasteiger partial charge is 0.355 e. The summed E-state index contributed by atoms with van der Waals surface area (Å²) in [5, 5.41) is 8.42. The van der Waals surface area contributed by atoms with Crippen LogP contribution in [0.2, 0.25) is 0 Å². The molecule has 3 aromatic rings. The predicted molar refractivity (Wildman–Crippen MR) is 102 cm³/mol. The molecular formula is C20H18N2O2S. The van der Waals surface area contributed by atoms with Gasteiger partial charge in [-0.05, 0) is 47.7 Å². The summed E-state index contributed by atoms with van der Waals surface area (Å²) >= 11 is 1.53. The van der Waals surface area contributed by atoms with Gasteiger partial charge < -0.3 is 10.6 Å². The minimum Gasteiger partial charge on any atom is -0.355 e. The molecule has 2 amide bonds. The SMILES string of the molecule is CNC(=O)c1c(NC(=O)c2ccc3ccccc3c2)sc2c1CCC2. The molecule has 126 valence electrons. The third-order valence-corrected chi connectivity index (χ3v) is 5.82. The van der Waals surface area contributed by atoms with Crippen LogP contribution in [-0.4, -0.2) is 18.9 Å². The molecule has 0 bridgehead atoms. The summed E-state index contributed by atoms with van der Waals surface area (Å²) in [5.74, 6) is -0.316. The first-order valence-corrected chi connectivity index (χ1v) is 9.16. The minimum atomic E-state index is -0.184. The van der Waals surface area contributed by atoms with Crippen LogP contribution in [0, 0.1) is 0 Å². The molecule has 1 aliphatic rings. The van der Waals surface area contributed by atoms with Crippen molar-refractivity contribution >= 4 is 38.9 Å². The van der Waals surface area contributed by atoms with Gasteiger partial charge in [0.2, 0.25) is 0 Å². The molecule has 1 aliphatic carbocycles. The van der Waals surface area contributed by atoms with E-state index in [1.807, 2.05) is 42.5 Å². The number of hydrogen-bond donors (Lipinski definition) is 2. The molecule has 25 heavy (non-hydrogen) atoms. The second kappa shape index (κ2) is 6.33. The van der Waals surface area contributed by atoms with E-state index in [0.717, 1.165) is 35.6 Å². The van der Waals surface area contributed by atoms with E-state index in [-0.39, 0.29) is 11.8 Å². The van der Waals surface area contributed by atoms with E-state index >= 15 is 0 Å². The molecular weight excluding hydrogens is 332 g/mol. The van der Waals surface area contributed by atoms with Crippen LogP contribution in [0.5, 0.6) is 0 Å². The van der Waals surface area contributed by atoms with Gasteiger partial charge in [-0.3, -0.25) is 9.59 Å². The molecule has 1 aromatic heterocycles. The lowest BCUT2D eigenvalue weighted by Crippen LogP contribution is -2.21. The Labute approximate surface area is 149 Å². The van der Waals surface area contributed by atoms with Crippen molar-refractivity contribution in [3.8, 4) is 0 Å². The highest BCUT2D eigenvalue weighted by atomic mass is 32.1. The Morgan fingerprint density at radius 1 is 1.00 bits per heavy atom. The van der Waals surface area contributed by atoms with E-state index < -0.39 is 0 Å². The van der Waals surface area contributed by atoms with Gasteiger partial charge in [0.15, 0.2) is 0 Å². The van der Waals surface area contributed by atoms with Gasteiger partial charge in [0.05, 0.1) is 5.56 Å². The Morgan fingerprint density at radius 2 is 1.80 bits per heavy atom. The summed E-state index contributed by atoms with van der Waals surface area (Å²) in [7, 11) is 1.62. The van der Waals surface area contributed by atoms with E-state index in [1.165, 1.54) is 16.2 Å². The van der Waals surface area contributed by atoms with Crippen molar-refractivity contribution in [2.24, 2.45) is 0 Å². The van der Waals surface area contributed by atoms with Crippen LogP contribution >= 0.6 is 11.3 Å². The van der Waals surface area contributed by atoms with Gasteiger partial charge in [0.1, 0.15) is 5.00 Å². The van der Waals surface area contributed by atoms with Gasteiger partial charge in [0.25, 0.3) is 11.8 Å². The van der Waals surface area contributed by atoms with Crippen molar-refractivity contribution in [3.05, 3.63) is 64.0 Å². The topological polar surface area (TPSA) is 58.2 Å². The lowest BCUT2D eigenvalue weighted by atomic mass is 10.1. The molecule has 0 saturated heterocycles. The van der Waals surface area contributed by atoms with Crippen molar-refractivity contribution < 1.29 is 9.59 Å². The summed E-state index contributed by atoms with van der Waals surface area (Å²) in [6, 6.07) is 13.6. The quantitative estimate of drug-likeness (QED) is 0.750. The Bertz CT molecular complexity index is 991. The van der Waals surface area contributed by atoms with Crippen molar-refractivity contribution in [1.82, 2.24) is 5.32 Å². The fourth-order valence-electron chi connectivity index (χ4n) is 3.36. The lowest BCUT2D eigenvalue weighted by molar-refractivity contribution is 0.0963. The van der Waals surface area contributed by atoms with Gasteiger partial charge in [0, 0.05) is 17.5 Å². The van der Waals surface area contributed by atoms with Crippen molar-refractivity contribution in [2.75, 3.05) is 12.4 Å². The maximum Gasteiger partial charge on any atom is 0.256 e. The molecule has 2 N–H and O–H groups in total. The van der Waals surface area contributed by atoms with E-state index in [1.54, 1.807) is 7.05 Å². The fraction of sp³-hybridized carbons (Fsp3) is 0.200. The summed E-state index contributed by atoms with van der Waals surface area (Å²) in [6.07, 6.45) is 2.96. The maximum absolute atomic E-state index is 12.7. The van der Waals surface area contributed by atoms with Crippen LogP contribution in [0.15, 0.2) is 42.5 Å². The van der Waals surface area contributed by atoms with E-state index in [9.17, 15) is 9.59 Å². The summed E-state index contributed by atoms with van der Waals surface area (Å²) in [5.41, 5.74) is 2.32. The number of rotatable bonds is 3. The lowest BCUT2D eigenvalue weighted by Gasteiger charge is -2.08. The fourth-order valence-corrected chi connectivity index (χ4v) is 4.65. The molecule has 0 atom stereocenters. The number of benzene rings is 2. The van der Waals surface area contributed by atoms with Gasteiger partial charge in [-0.15, -0.1) is 11.3 Å². The minimum absolute atomic E-state index is 0.131. The molecule has 2 aromatic carbocycles. The molecule has 0 radical (unpaired) electrons. The number of anilines is 1. The van der Waals surface area contributed by atoms with Crippen molar-refractivity contribution in [3.63, 3.8) is 0 Å². The Balaban J connectivity index is 1.67. The zero-order valence-electron chi connectivity index (χ0n) is 13.9. The second-order valence-corrected chi connectivity index (χ2v) is 7.26. The van der Waals surface area contributed by atoms with Crippen LogP contribution in [0.4, 0.5) is 5.00 Å². The summed E-state index contributed by atoms with van der Waals surface area (Å²) < 4.78 is 0.